The number of halogens is 1. The number of hydrogen-bond donors (Lipinski definition) is 0. The lowest BCUT2D eigenvalue weighted by Crippen LogP contribution is -2.05. The first-order valence-corrected chi connectivity index (χ1v) is 7.64. The summed E-state index contributed by atoms with van der Waals surface area (Å²) in [5.41, 5.74) is 4.88. The molecule has 2 aromatic carbocycles. The number of aromatic nitrogens is 1. The average molecular weight is 323 g/mol. The summed E-state index contributed by atoms with van der Waals surface area (Å²) in [5, 5.41) is 0. The number of hydrogen-bond acceptors (Lipinski definition) is 2. The SMILES string of the molecule is COC(=O)c1c(-c2ccc(F)cc2)cn(-c2ccc(C)cc2)c1C. The van der Waals surface area contributed by atoms with Crippen LogP contribution < -0.4 is 0 Å². The maximum Gasteiger partial charge on any atom is 0.340 e. The molecule has 3 rings (SSSR count). The van der Waals surface area contributed by atoms with Gasteiger partial charge in [-0.15, -0.1) is 0 Å². The van der Waals surface area contributed by atoms with E-state index in [0.29, 0.717) is 5.56 Å². The molecule has 0 aliphatic heterocycles. The summed E-state index contributed by atoms with van der Waals surface area (Å²) in [4.78, 5) is 12.3. The number of ether oxygens (including phenoxy) is 1. The van der Waals surface area contributed by atoms with E-state index < -0.39 is 5.97 Å². The Balaban J connectivity index is 2.20. The molecule has 0 saturated carbocycles. The van der Waals surface area contributed by atoms with Crippen molar-refractivity contribution in [1.82, 2.24) is 4.57 Å². The monoisotopic (exact) mass is 323 g/mol. The highest BCUT2D eigenvalue weighted by atomic mass is 19.1. The third kappa shape index (κ3) is 2.83. The van der Waals surface area contributed by atoms with Crippen molar-refractivity contribution in [2.45, 2.75) is 13.8 Å². The molecule has 3 aromatic rings. The number of esters is 1. The van der Waals surface area contributed by atoms with Crippen LogP contribution in [0.15, 0.2) is 54.7 Å². The summed E-state index contributed by atoms with van der Waals surface area (Å²) in [6.07, 6.45) is 1.89. The zero-order valence-electron chi connectivity index (χ0n) is 13.8. The van der Waals surface area contributed by atoms with E-state index in [9.17, 15) is 9.18 Å². The minimum atomic E-state index is -0.405. The van der Waals surface area contributed by atoms with Crippen molar-refractivity contribution >= 4 is 5.97 Å². The third-order valence-electron chi connectivity index (χ3n) is 4.11. The van der Waals surface area contributed by atoms with Gasteiger partial charge in [0.2, 0.25) is 0 Å². The molecule has 0 unspecified atom stereocenters. The molecule has 0 amide bonds. The first-order valence-electron chi connectivity index (χ1n) is 7.64. The number of aryl methyl sites for hydroxylation is 1. The predicted octanol–water partition coefficient (Wildman–Crippen LogP) is 4.69. The van der Waals surface area contributed by atoms with Crippen molar-refractivity contribution in [2.24, 2.45) is 0 Å². The van der Waals surface area contributed by atoms with E-state index in [4.69, 9.17) is 4.74 Å². The molecule has 0 fully saturated rings. The van der Waals surface area contributed by atoms with Crippen molar-refractivity contribution in [2.75, 3.05) is 7.11 Å². The molecule has 0 aliphatic rings. The second-order valence-electron chi connectivity index (χ2n) is 5.71. The normalized spacial score (nSPS) is 10.7. The van der Waals surface area contributed by atoms with Crippen LogP contribution >= 0.6 is 0 Å². The molecule has 0 spiro atoms. The van der Waals surface area contributed by atoms with Crippen LogP contribution in [0.1, 0.15) is 21.6 Å². The summed E-state index contributed by atoms with van der Waals surface area (Å²) in [7, 11) is 1.36. The lowest BCUT2D eigenvalue weighted by atomic mass is 10.0. The fourth-order valence-corrected chi connectivity index (χ4v) is 2.79. The van der Waals surface area contributed by atoms with Crippen molar-refractivity contribution in [3.63, 3.8) is 0 Å². The van der Waals surface area contributed by atoms with Gasteiger partial charge in [0.05, 0.1) is 12.7 Å². The van der Waals surface area contributed by atoms with Gasteiger partial charge in [0.25, 0.3) is 0 Å². The topological polar surface area (TPSA) is 31.2 Å². The lowest BCUT2D eigenvalue weighted by molar-refractivity contribution is 0.0601. The maximum atomic E-state index is 13.2. The van der Waals surface area contributed by atoms with Gasteiger partial charge < -0.3 is 9.30 Å². The average Bonchev–Trinajstić information content (AvgIpc) is 2.93. The molecule has 0 aliphatic carbocycles. The van der Waals surface area contributed by atoms with Crippen LogP contribution in [-0.2, 0) is 4.74 Å². The van der Waals surface area contributed by atoms with Gasteiger partial charge in [0, 0.05) is 23.1 Å². The fourth-order valence-electron chi connectivity index (χ4n) is 2.79. The number of nitrogens with zero attached hydrogens (tertiary/aromatic N) is 1. The van der Waals surface area contributed by atoms with Gasteiger partial charge in [0.1, 0.15) is 5.82 Å². The Morgan fingerprint density at radius 3 is 2.21 bits per heavy atom. The Labute approximate surface area is 140 Å². The van der Waals surface area contributed by atoms with E-state index in [2.05, 4.69) is 0 Å². The summed E-state index contributed by atoms with van der Waals surface area (Å²) in [5.74, 6) is -0.717. The largest absolute Gasteiger partial charge is 0.465 e. The first-order chi connectivity index (χ1) is 11.5. The van der Waals surface area contributed by atoms with Gasteiger partial charge >= 0.3 is 5.97 Å². The van der Waals surface area contributed by atoms with E-state index in [1.165, 1.54) is 19.2 Å². The summed E-state index contributed by atoms with van der Waals surface area (Å²) in [6, 6.07) is 14.1. The molecule has 24 heavy (non-hydrogen) atoms. The molecule has 1 heterocycles. The highest BCUT2D eigenvalue weighted by Gasteiger charge is 2.21. The second kappa shape index (κ2) is 6.32. The number of carbonyl (C=O) groups excluding carboxylic acids is 1. The minimum absolute atomic E-state index is 0.312. The zero-order valence-corrected chi connectivity index (χ0v) is 13.8. The number of rotatable bonds is 3. The summed E-state index contributed by atoms with van der Waals surface area (Å²) < 4.78 is 20.1. The van der Waals surface area contributed by atoms with E-state index in [0.717, 1.165) is 28.1 Å². The predicted molar refractivity (Wildman–Crippen MR) is 92.0 cm³/mol. The Morgan fingerprint density at radius 1 is 1.00 bits per heavy atom. The molecule has 0 radical (unpaired) electrons. The lowest BCUT2D eigenvalue weighted by Gasteiger charge is -2.07. The zero-order chi connectivity index (χ0) is 17.3. The fraction of sp³-hybridized carbons (Fsp3) is 0.150. The number of benzene rings is 2. The molecule has 1 aromatic heterocycles. The van der Waals surface area contributed by atoms with Gasteiger partial charge in [-0.2, -0.15) is 0 Å². The van der Waals surface area contributed by atoms with Crippen molar-refractivity contribution in [3.8, 4) is 16.8 Å². The Morgan fingerprint density at radius 2 is 1.62 bits per heavy atom. The van der Waals surface area contributed by atoms with Gasteiger partial charge in [-0.1, -0.05) is 29.8 Å². The van der Waals surface area contributed by atoms with Crippen LogP contribution in [0.5, 0.6) is 0 Å². The summed E-state index contributed by atoms with van der Waals surface area (Å²) >= 11 is 0. The molecule has 0 atom stereocenters. The van der Waals surface area contributed by atoms with Crippen molar-refractivity contribution < 1.29 is 13.9 Å². The van der Waals surface area contributed by atoms with Crippen LogP contribution in [0.2, 0.25) is 0 Å². The van der Waals surface area contributed by atoms with E-state index in [1.54, 1.807) is 12.1 Å². The Kier molecular flexibility index (Phi) is 4.21. The van der Waals surface area contributed by atoms with Gasteiger partial charge in [-0.25, -0.2) is 9.18 Å². The smallest absolute Gasteiger partial charge is 0.340 e. The van der Waals surface area contributed by atoms with Crippen LogP contribution in [-0.4, -0.2) is 17.6 Å². The van der Waals surface area contributed by atoms with Crippen LogP contribution in [0.25, 0.3) is 16.8 Å². The Bertz CT molecular complexity index is 877. The van der Waals surface area contributed by atoms with E-state index in [-0.39, 0.29) is 5.82 Å². The second-order valence-corrected chi connectivity index (χ2v) is 5.71. The molecule has 0 saturated heterocycles. The van der Waals surface area contributed by atoms with Gasteiger partial charge in [-0.3, -0.25) is 0 Å². The van der Waals surface area contributed by atoms with Crippen LogP contribution in [0.4, 0.5) is 4.39 Å². The molecular formula is C20H18FNO2. The molecule has 4 heteroatoms. The number of carbonyl (C=O) groups is 1. The minimum Gasteiger partial charge on any atom is -0.465 e. The molecule has 122 valence electrons. The molecule has 0 bridgehead atoms. The molecule has 0 N–H and O–H groups in total. The standard InChI is InChI=1S/C20H18FNO2/c1-13-4-10-17(11-5-13)22-12-18(15-6-8-16(21)9-7-15)19(14(22)2)20(23)24-3/h4-12H,1-3H3. The summed E-state index contributed by atoms with van der Waals surface area (Å²) in [6.45, 7) is 3.90. The van der Waals surface area contributed by atoms with Crippen molar-refractivity contribution in [1.29, 1.82) is 0 Å². The van der Waals surface area contributed by atoms with E-state index in [1.807, 2.05) is 48.9 Å². The van der Waals surface area contributed by atoms with Crippen LogP contribution in [0.3, 0.4) is 0 Å². The Hall–Kier alpha value is -2.88. The van der Waals surface area contributed by atoms with Gasteiger partial charge in [-0.05, 0) is 43.7 Å². The maximum absolute atomic E-state index is 13.2. The van der Waals surface area contributed by atoms with E-state index >= 15 is 0 Å². The van der Waals surface area contributed by atoms with Crippen molar-refractivity contribution in [3.05, 3.63) is 77.4 Å². The van der Waals surface area contributed by atoms with Crippen LogP contribution in [0, 0.1) is 19.7 Å². The first kappa shape index (κ1) is 16.0. The molecular weight excluding hydrogens is 305 g/mol. The van der Waals surface area contributed by atoms with Gasteiger partial charge in [0.15, 0.2) is 0 Å². The highest BCUT2D eigenvalue weighted by Crippen LogP contribution is 2.31. The highest BCUT2D eigenvalue weighted by molar-refractivity contribution is 5.99. The molecule has 3 nitrogen and oxygen atoms in total. The third-order valence-corrected chi connectivity index (χ3v) is 4.11. The quantitative estimate of drug-likeness (QED) is 0.655. The number of methoxy groups -OCH3 is 1.